The van der Waals surface area contributed by atoms with E-state index in [1.807, 2.05) is 49.4 Å². The van der Waals surface area contributed by atoms with Crippen molar-refractivity contribution in [2.24, 2.45) is 0 Å². The molecule has 8 heteroatoms. The molecule has 3 heterocycles. The van der Waals surface area contributed by atoms with Gasteiger partial charge in [-0.05, 0) is 73.9 Å². The number of allylic oxidation sites excluding steroid dienone is 1. The van der Waals surface area contributed by atoms with Gasteiger partial charge in [-0.15, -0.1) is 0 Å². The van der Waals surface area contributed by atoms with E-state index in [1.165, 1.54) is 0 Å². The molecule has 0 saturated heterocycles. The predicted octanol–water partition coefficient (Wildman–Crippen LogP) is 4.88. The maximum Gasteiger partial charge on any atom is 0.264 e. The van der Waals surface area contributed by atoms with Crippen LogP contribution < -0.4 is 10.9 Å². The lowest BCUT2D eigenvalue weighted by atomic mass is 9.85. The Hall–Kier alpha value is -5.29. The molecule has 5 aromatic rings. The van der Waals surface area contributed by atoms with Crippen LogP contribution in [-0.4, -0.2) is 31.3 Å². The molecule has 6 rings (SSSR count). The number of aromatic nitrogens is 4. The zero-order valence-corrected chi connectivity index (χ0v) is 22.9. The quantitative estimate of drug-likeness (QED) is 0.245. The Morgan fingerprint density at radius 3 is 2.73 bits per heavy atom. The molecule has 0 saturated carbocycles. The summed E-state index contributed by atoms with van der Waals surface area (Å²) in [5.41, 5.74) is 5.80. The van der Waals surface area contributed by atoms with Crippen molar-refractivity contribution in [3.8, 4) is 17.5 Å². The second kappa shape index (κ2) is 10.4. The molecule has 202 valence electrons. The van der Waals surface area contributed by atoms with Gasteiger partial charge in [0.2, 0.25) is 0 Å². The fourth-order valence-electron chi connectivity index (χ4n) is 5.79. The first-order valence-corrected chi connectivity index (χ1v) is 13.5. The summed E-state index contributed by atoms with van der Waals surface area (Å²) in [6.07, 6.45) is 7.03. The standard InChI is InChI=1S/C33H28N6O2/c1-20(19-34)13-14-24-16-15-23-9-7-12-26-28(23)29(24)33(41)39(25-10-5-4-6-11-25)30(26)22(3)36-32(40)27-21(2)37-38-18-8-17-35-31(27)38/h4-6,8,10-11,15-19,22,34H,1,7,9,12H2,2-3H3,(H,36,40)/t22-/m1/s1. The van der Waals surface area contributed by atoms with E-state index < -0.39 is 6.04 Å². The third-order valence-electron chi connectivity index (χ3n) is 7.53. The minimum absolute atomic E-state index is 0.201. The van der Waals surface area contributed by atoms with Crippen molar-refractivity contribution in [3.05, 3.63) is 117 Å². The van der Waals surface area contributed by atoms with Crippen LogP contribution in [0.4, 0.5) is 0 Å². The first-order valence-electron chi connectivity index (χ1n) is 13.5. The Morgan fingerprint density at radius 1 is 1.15 bits per heavy atom. The van der Waals surface area contributed by atoms with Crippen molar-refractivity contribution < 1.29 is 4.79 Å². The van der Waals surface area contributed by atoms with Gasteiger partial charge < -0.3 is 10.7 Å². The van der Waals surface area contributed by atoms with E-state index in [0.717, 1.165) is 47.7 Å². The fraction of sp³-hybridized carbons (Fsp3) is 0.182. The predicted molar refractivity (Wildman–Crippen MR) is 160 cm³/mol. The Bertz CT molecular complexity index is 2010. The number of nitrogens with one attached hydrogen (secondary N) is 2. The molecular formula is C33H28N6O2. The van der Waals surface area contributed by atoms with Crippen LogP contribution in [0.3, 0.4) is 0 Å². The van der Waals surface area contributed by atoms with Crippen LogP contribution in [0.5, 0.6) is 0 Å². The number of pyridine rings is 1. The Morgan fingerprint density at radius 2 is 1.95 bits per heavy atom. The molecule has 3 aromatic heterocycles. The van der Waals surface area contributed by atoms with E-state index in [1.54, 1.807) is 34.5 Å². The summed E-state index contributed by atoms with van der Waals surface area (Å²) in [5, 5.41) is 16.5. The van der Waals surface area contributed by atoms with Crippen LogP contribution >= 0.6 is 0 Å². The lowest BCUT2D eigenvalue weighted by Gasteiger charge is -2.28. The fourth-order valence-corrected chi connectivity index (χ4v) is 5.79. The Labute approximate surface area is 236 Å². The average molecular weight is 541 g/mol. The van der Waals surface area contributed by atoms with Gasteiger partial charge in [-0.25, -0.2) is 9.50 Å². The van der Waals surface area contributed by atoms with Gasteiger partial charge in [0, 0.05) is 35.4 Å². The summed E-state index contributed by atoms with van der Waals surface area (Å²) in [6.45, 7) is 7.48. The van der Waals surface area contributed by atoms with Crippen LogP contribution in [-0.2, 0) is 12.8 Å². The number of benzene rings is 2. The molecule has 0 aliphatic heterocycles. The van der Waals surface area contributed by atoms with Crippen LogP contribution in [0, 0.1) is 24.2 Å². The minimum atomic E-state index is -0.508. The summed E-state index contributed by atoms with van der Waals surface area (Å²) >= 11 is 0. The maximum absolute atomic E-state index is 14.5. The second-order valence-electron chi connectivity index (χ2n) is 10.2. The number of amides is 1. The third-order valence-corrected chi connectivity index (χ3v) is 7.53. The molecule has 1 aliphatic carbocycles. The van der Waals surface area contributed by atoms with Gasteiger partial charge in [0.05, 0.1) is 22.8 Å². The van der Waals surface area contributed by atoms with Crippen molar-refractivity contribution in [2.45, 2.75) is 39.2 Å². The Balaban J connectivity index is 1.59. The summed E-state index contributed by atoms with van der Waals surface area (Å²) in [7, 11) is 0. The van der Waals surface area contributed by atoms with Gasteiger partial charge >= 0.3 is 0 Å². The number of rotatable bonds is 5. The number of hydrogen-bond acceptors (Lipinski definition) is 5. The van der Waals surface area contributed by atoms with E-state index in [0.29, 0.717) is 39.1 Å². The topological polar surface area (TPSA) is 105 Å². The number of fused-ring (bicyclic) bond motifs is 1. The molecule has 1 atom stereocenters. The second-order valence-corrected chi connectivity index (χ2v) is 10.2. The van der Waals surface area contributed by atoms with E-state index >= 15 is 0 Å². The molecular weight excluding hydrogens is 512 g/mol. The van der Waals surface area contributed by atoms with Crippen molar-refractivity contribution in [1.82, 2.24) is 24.5 Å². The van der Waals surface area contributed by atoms with E-state index in [-0.39, 0.29) is 11.5 Å². The molecule has 41 heavy (non-hydrogen) atoms. The number of hydrogen-bond donors (Lipinski definition) is 2. The lowest BCUT2D eigenvalue weighted by molar-refractivity contribution is 0.0939. The highest BCUT2D eigenvalue weighted by Gasteiger charge is 2.29. The molecule has 8 nitrogen and oxygen atoms in total. The largest absolute Gasteiger partial charge is 0.344 e. The highest BCUT2D eigenvalue weighted by atomic mass is 16.2. The van der Waals surface area contributed by atoms with E-state index in [9.17, 15) is 9.59 Å². The number of carbonyl (C=O) groups excluding carboxylic acids is 1. The summed E-state index contributed by atoms with van der Waals surface area (Å²) in [4.78, 5) is 32.5. The van der Waals surface area contributed by atoms with E-state index in [4.69, 9.17) is 5.41 Å². The van der Waals surface area contributed by atoms with Gasteiger partial charge in [-0.1, -0.05) is 42.7 Å². The smallest absolute Gasteiger partial charge is 0.264 e. The molecule has 1 aliphatic rings. The van der Waals surface area contributed by atoms with Crippen molar-refractivity contribution >= 4 is 28.5 Å². The van der Waals surface area contributed by atoms with Crippen LogP contribution in [0.15, 0.2) is 77.9 Å². The number of nitrogens with zero attached hydrogens (tertiary/aromatic N) is 4. The van der Waals surface area contributed by atoms with Gasteiger partial charge in [-0.2, -0.15) is 5.10 Å². The summed E-state index contributed by atoms with van der Waals surface area (Å²) in [6, 6.07) is 14.7. The van der Waals surface area contributed by atoms with Gasteiger partial charge in [0.1, 0.15) is 5.56 Å². The summed E-state index contributed by atoms with van der Waals surface area (Å²) in [5.74, 6) is 5.68. The molecule has 2 N–H and O–H groups in total. The normalized spacial score (nSPS) is 12.9. The zero-order valence-electron chi connectivity index (χ0n) is 22.9. The Kier molecular flexibility index (Phi) is 6.56. The molecule has 0 unspecified atom stereocenters. The molecule has 1 amide bonds. The first kappa shape index (κ1) is 26.0. The molecule has 0 radical (unpaired) electrons. The third kappa shape index (κ3) is 4.42. The van der Waals surface area contributed by atoms with Crippen molar-refractivity contribution in [2.75, 3.05) is 0 Å². The zero-order chi connectivity index (χ0) is 28.7. The van der Waals surface area contributed by atoms with E-state index in [2.05, 4.69) is 33.8 Å². The van der Waals surface area contributed by atoms with Crippen LogP contribution in [0.25, 0.3) is 22.1 Å². The van der Waals surface area contributed by atoms with Gasteiger partial charge in [-0.3, -0.25) is 14.2 Å². The number of aryl methyl sites for hydroxylation is 3. The maximum atomic E-state index is 14.5. The van der Waals surface area contributed by atoms with Crippen LogP contribution in [0.2, 0.25) is 0 Å². The highest BCUT2D eigenvalue weighted by molar-refractivity contribution is 6.01. The molecule has 2 aromatic carbocycles. The number of para-hydroxylation sites is 1. The van der Waals surface area contributed by atoms with Gasteiger partial charge in [0.15, 0.2) is 5.65 Å². The lowest BCUT2D eigenvalue weighted by Crippen LogP contribution is -2.34. The molecule has 0 fully saturated rings. The highest BCUT2D eigenvalue weighted by Crippen LogP contribution is 2.35. The average Bonchev–Trinajstić information content (AvgIpc) is 3.33. The minimum Gasteiger partial charge on any atom is -0.344 e. The molecule has 0 bridgehead atoms. The molecule has 0 spiro atoms. The monoisotopic (exact) mass is 540 g/mol. The number of carbonyl (C=O) groups is 1. The van der Waals surface area contributed by atoms with Crippen LogP contribution in [0.1, 0.15) is 57.8 Å². The van der Waals surface area contributed by atoms with Gasteiger partial charge in [0.25, 0.3) is 11.5 Å². The first-order chi connectivity index (χ1) is 19.9. The van der Waals surface area contributed by atoms with Crippen molar-refractivity contribution in [3.63, 3.8) is 0 Å². The summed E-state index contributed by atoms with van der Waals surface area (Å²) < 4.78 is 3.31. The SMILES string of the molecule is C=C(C#Cc1ccc2c3c(c([C@@H](C)NC(=O)c4c(C)nn5cccnc45)n(-c4ccccc4)c(=O)c13)CCC2)C=N. The van der Waals surface area contributed by atoms with Crippen molar-refractivity contribution in [1.29, 1.82) is 5.41 Å².